The number of H-pyrrole nitrogens is 1. The van der Waals surface area contributed by atoms with Gasteiger partial charge in [-0.3, -0.25) is 9.89 Å². The zero-order valence-electron chi connectivity index (χ0n) is 13.3. The van der Waals surface area contributed by atoms with E-state index < -0.39 is 0 Å². The van der Waals surface area contributed by atoms with Crippen molar-refractivity contribution in [3.8, 4) is 11.3 Å². The number of nitrogens with one attached hydrogen (secondary N) is 2. The molecular weight excluding hydrogens is 404 g/mol. The molecule has 0 radical (unpaired) electrons. The van der Waals surface area contributed by atoms with Crippen LogP contribution in [0.5, 0.6) is 0 Å². The van der Waals surface area contributed by atoms with Gasteiger partial charge in [-0.05, 0) is 42.8 Å². The molecule has 1 amide bonds. The fourth-order valence-electron chi connectivity index (χ4n) is 2.18. The molecule has 5 nitrogen and oxygen atoms in total. The molecule has 2 N–H and O–H groups in total. The Bertz CT molecular complexity index is 934. The van der Waals surface area contributed by atoms with Crippen molar-refractivity contribution in [3.05, 3.63) is 75.4 Å². The van der Waals surface area contributed by atoms with Crippen molar-refractivity contribution >= 4 is 39.1 Å². The molecule has 0 bridgehead atoms. The molecule has 3 aromatic rings. The maximum atomic E-state index is 12.2. The Hall–Kier alpha value is -2.44. The van der Waals surface area contributed by atoms with E-state index in [0.29, 0.717) is 22.1 Å². The number of hydrazone groups is 1. The van der Waals surface area contributed by atoms with Crippen molar-refractivity contribution in [2.24, 2.45) is 5.10 Å². The number of aromatic nitrogens is 2. The van der Waals surface area contributed by atoms with Gasteiger partial charge in [0.15, 0.2) is 0 Å². The number of rotatable bonds is 4. The first-order chi connectivity index (χ1) is 12.0. The number of carbonyl (C=O) groups excluding carboxylic acids is 1. The lowest BCUT2D eigenvalue weighted by Gasteiger charge is -2.02. The first-order valence-corrected chi connectivity index (χ1v) is 8.62. The highest BCUT2D eigenvalue weighted by Crippen LogP contribution is 2.20. The van der Waals surface area contributed by atoms with E-state index in [1.165, 1.54) is 0 Å². The lowest BCUT2D eigenvalue weighted by atomic mass is 10.1. The molecule has 126 valence electrons. The van der Waals surface area contributed by atoms with Gasteiger partial charge in [-0.1, -0.05) is 51.8 Å². The fraction of sp³-hybridized carbons (Fsp3) is 0.0556. The summed E-state index contributed by atoms with van der Waals surface area (Å²) in [6.45, 7) is 1.83. The fourth-order valence-corrected chi connectivity index (χ4v) is 2.70. The summed E-state index contributed by atoms with van der Waals surface area (Å²) in [5.41, 5.74) is 6.01. The second kappa shape index (κ2) is 7.63. The summed E-state index contributed by atoms with van der Waals surface area (Å²) in [5.74, 6) is -0.359. The third kappa shape index (κ3) is 4.35. The Balaban J connectivity index is 1.71. The monoisotopic (exact) mass is 416 g/mol. The Morgan fingerprint density at radius 3 is 2.68 bits per heavy atom. The average Bonchev–Trinajstić information content (AvgIpc) is 3.10. The van der Waals surface area contributed by atoms with Crippen LogP contribution in [0.25, 0.3) is 11.3 Å². The van der Waals surface area contributed by atoms with Crippen molar-refractivity contribution in [2.45, 2.75) is 6.92 Å². The highest BCUT2D eigenvalue weighted by molar-refractivity contribution is 9.10. The first-order valence-electron chi connectivity index (χ1n) is 7.45. The first kappa shape index (κ1) is 17.4. The van der Waals surface area contributed by atoms with E-state index in [2.05, 4.69) is 36.7 Å². The molecule has 25 heavy (non-hydrogen) atoms. The van der Waals surface area contributed by atoms with Gasteiger partial charge in [0.25, 0.3) is 5.91 Å². The van der Waals surface area contributed by atoms with Gasteiger partial charge >= 0.3 is 0 Å². The van der Waals surface area contributed by atoms with Crippen molar-refractivity contribution < 1.29 is 4.79 Å². The number of nitrogens with zero attached hydrogens (tertiary/aromatic N) is 2. The highest BCUT2D eigenvalue weighted by Gasteiger charge is 2.11. The van der Waals surface area contributed by atoms with E-state index in [1.54, 1.807) is 18.2 Å². The molecule has 0 spiro atoms. The summed E-state index contributed by atoms with van der Waals surface area (Å²) in [6.07, 6.45) is 0. The molecule has 3 rings (SSSR count). The molecule has 0 saturated heterocycles. The highest BCUT2D eigenvalue weighted by atomic mass is 79.9. The summed E-state index contributed by atoms with van der Waals surface area (Å²) < 4.78 is 0.951. The van der Waals surface area contributed by atoms with Gasteiger partial charge in [-0.2, -0.15) is 10.2 Å². The lowest BCUT2D eigenvalue weighted by molar-refractivity contribution is 0.0950. The Kier molecular flexibility index (Phi) is 5.31. The van der Waals surface area contributed by atoms with E-state index in [1.807, 2.05) is 43.3 Å². The van der Waals surface area contributed by atoms with Crippen LogP contribution in [0.3, 0.4) is 0 Å². The number of aromatic amines is 1. The molecule has 0 aliphatic heterocycles. The minimum Gasteiger partial charge on any atom is -0.272 e. The summed E-state index contributed by atoms with van der Waals surface area (Å²) >= 11 is 9.29. The number of hydrogen-bond donors (Lipinski definition) is 2. The maximum Gasteiger partial charge on any atom is 0.289 e. The summed E-state index contributed by atoms with van der Waals surface area (Å²) in [5, 5.41) is 11.7. The molecule has 0 unspecified atom stereocenters. The van der Waals surface area contributed by atoms with Gasteiger partial charge in [0, 0.05) is 15.1 Å². The number of carbonyl (C=O) groups is 1. The van der Waals surface area contributed by atoms with Gasteiger partial charge in [0.05, 0.1) is 11.4 Å². The van der Waals surface area contributed by atoms with Crippen LogP contribution in [0, 0.1) is 0 Å². The summed E-state index contributed by atoms with van der Waals surface area (Å²) in [4.78, 5) is 12.2. The standard InChI is InChI=1S/C18H14BrClN4O/c1-11(13-3-2-4-14(19)9-13)21-24-18(25)17-10-16(22-23-17)12-5-7-15(20)8-6-12/h2-10H,1H3,(H,22,23)(H,24,25)/b21-11-. The van der Waals surface area contributed by atoms with Crippen LogP contribution in [0.15, 0.2) is 64.2 Å². The second-order valence-electron chi connectivity index (χ2n) is 5.32. The molecule has 0 atom stereocenters. The second-order valence-corrected chi connectivity index (χ2v) is 6.67. The van der Waals surface area contributed by atoms with Crippen molar-refractivity contribution in [1.82, 2.24) is 15.6 Å². The van der Waals surface area contributed by atoms with E-state index in [9.17, 15) is 4.79 Å². The Morgan fingerprint density at radius 1 is 1.20 bits per heavy atom. The number of amides is 1. The third-order valence-corrected chi connectivity index (χ3v) is 4.28. The third-order valence-electron chi connectivity index (χ3n) is 3.53. The number of hydrogen-bond acceptors (Lipinski definition) is 3. The van der Waals surface area contributed by atoms with Crippen molar-refractivity contribution in [2.75, 3.05) is 0 Å². The van der Waals surface area contributed by atoms with Gasteiger partial charge in [0.1, 0.15) is 5.69 Å². The average molecular weight is 418 g/mol. The molecular formula is C18H14BrClN4O. The van der Waals surface area contributed by atoms with Crippen LogP contribution in [0.4, 0.5) is 0 Å². The maximum absolute atomic E-state index is 12.2. The van der Waals surface area contributed by atoms with Gasteiger partial charge in [-0.15, -0.1) is 0 Å². The zero-order valence-corrected chi connectivity index (χ0v) is 15.6. The van der Waals surface area contributed by atoms with Gasteiger partial charge in [-0.25, -0.2) is 5.43 Å². The van der Waals surface area contributed by atoms with Gasteiger partial charge < -0.3 is 0 Å². The molecule has 0 saturated carbocycles. The van der Waals surface area contributed by atoms with Gasteiger partial charge in [0.2, 0.25) is 0 Å². The number of benzene rings is 2. The molecule has 1 heterocycles. The van der Waals surface area contributed by atoms with Crippen LogP contribution < -0.4 is 5.43 Å². The SMILES string of the molecule is C/C(=N/NC(=O)c1cc(-c2ccc(Cl)cc2)n[nH]1)c1cccc(Br)c1. The van der Waals surface area contributed by atoms with E-state index in [-0.39, 0.29) is 5.91 Å². The zero-order chi connectivity index (χ0) is 17.8. The minimum atomic E-state index is -0.359. The largest absolute Gasteiger partial charge is 0.289 e. The van der Waals surface area contributed by atoms with Crippen molar-refractivity contribution in [1.29, 1.82) is 0 Å². The minimum absolute atomic E-state index is 0.329. The van der Waals surface area contributed by atoms with E-state index in [0.717, 1.165) is 15.6 Å². The normalized spacial score (nSPS) is 11.4. The van der Waals surface area contributed by atoms with Crippen LogP contribution in [0.2, 0.25) is 5.02 Å². The molecule has 7 heteroatoms. The molecule has 2 aromatic carbocycles. The van der Waals surface area contributed by atoms with Crippen molar-refractivity contribution in [3.63, 3.8) is 0 Å². The smallest absolute Gasteiger partial charge is 0.272 e. The van der Waals surface area contributed by atoms with Crippen LogP contribution >= 0.6 is 27.5 Å². The summed E-state index contributed by atoms with van der Waals surface area (Å²) in [6, 6.07) is 16.6. The predicted octanol–water partition coefficient (Wildman–Crippen LogP) is 4.65. The van der Waals surface area contributed by atoms with E-state index >= 15 is 0 Å². The molecule has 0 aliphatic rings. The predicted molar refractivity (Wildman–Crippen MR) is 103 cm³/mol. The van der Waals surface area contributed by atoms with E-state index in [4.69, 9.17) is 11.6 Å². The molecule has 0 aliphatic carbocycles. The van der Waals surface area contributed by atoms with Crippen LogP contribution in [-0.2, 0) is 0 Å². The number of halogens is 2. The Labute approximate surface area is 158 Å². The van der Waals surface area contributed by atoms with Crippen LogP contribution in [0.1, 0.15) is 23.0 Å². The topological polar surface area (TPSA) is 70.1 Å². The lowest BCUT2D eigenvalue weighted by Crippen LogP contribution is -2.19. The van der Waals surface area contributed by atoms with Crippen LogP contribution in [-0.4, -0.2) is 21.8 Å². The molecule has 1 aromatic heterocycles. The Morgan fingerprint density at radius 2 is 1.96 bits per heavy atom. The summed E-state index contributed by atoms with van der Waals surface area (Å²) in [7, 11) is 0. The quantitative estimate of drug-likeness (QED) is 0.479. The molecule has 0 fully saturated rings.